The summed E-state index contributed by atoms with van der Waals surface area (Å²) >= 11 is 0. The van der Waals surface area contributed by atoms with Crippen LogP contribution in [0, 0.1) is 20.8 Å². The molecule has 0 saturated carbocycles. The maximum Gasteiger partial charge on any atom is 0.348 e. The Balaban J connectivity index is 2.38. The van der Waals surface area contributed by atoms with Gasteiger partial charge in [-0.2, -0.15) is 4.98 Å². The van der Waals surface area contributed by atoms with Crippen LogP contribution >= 0.6 is 0 Å². The van der Waals surface area contributed by atoms with Gasteiger partial charge in [0.25, 0.3) is 0 Å². The number of rotatable bonds is 7. The van der Waals surface area contributed by atoms with Crippen molar-refractivity contribution in [3.05, 3.63) is 44.8 Å². The van der Waals surface area contributed by atoms with Gasteiger partial charge in [-0.3, -0.25) is 14.7 Å². The molecule has 29 heavy (non-hydrogen) atoms. The summed E-state index contributed by atoms with van der Waals surface area (Å²) in [4.78, 5) is 53.0. The molecule has 10 nitrogen and oxygen atoms in total. The Morgan fingerprint density at radius 1 is 1.07 bits per heavy atom. The first-order chi connectivity index (χ1) is 13.7. The monoisotopic (exact) mass is 405 g/mol. The Hall–Kier alpha value is -3.43. The van der Waals surface area contributed by atoms with E-state index in [9.17, 15) is 19.2 Å². The van der Waals surface area contributed by atoms with Gasteiger partial charge in [-0.15, -0.1) is 0 Å². The molecule has 0 aromatic carbocycles. The van der Waals surface area contributed by atoms with Crippen molar-refractivity contribution in [3.8, 4) is 0 Å². The van der Waals surface area contributed by atoms with Gasteiger partial charge in [0.15, 0.2) is 0 Å². The molecule has 0 radical (unpaired) electrons. The second-order valence-electron chi connectivity index (χ2n) is 6.13. The van der Waals surface area contributed by atoms with Gasteiger partial charge in [-0.05, 0) is 40.7 Å². The highest BCUT2D eigenvalue weighted by molar-refractivity contribution is 6.09. The number of nitrogens with zero attached hydrogens (tertiary/aromatic N) is 2. The van der Waals surface area contributed by atoms with E-state index in [2.05, 4.69) is 10.3 Å². The first-order valence-electron chi connectivity index (χ1n) is 9.02. The fourth-order valence-electron chi connectivity index (χ4n) is 2.76. The van der Waals surface area contributed by atoms with E-state index < -0.39 is 23.5 Å². The van der Waals surface area contributed by atoms with Gasteiger partial charge in [-0.1, -0.05) is 0 Å². The molecule has 156 valence electrons. The minimum atomic E-state index is -0.840. The van der Waals surface area contributed by atoms with Gasteiger partial charge in [0, 0.05) is 11.4 Å². The summed E-state index contributed by atoms with van der Waals surface area (Å²) < 4.78 is 16.5. The lowest BCUT2D eigenvalue weighted by atomic mass is 10.1. The van der Waals surface area contributed by atoms with Crippen LogP contribution < -0.4 is 11.0 Å². The van der Waals surface area contributed by atoms with Crippen molar-refractivity contribution < 1.29 is 28.3 Å². The van der Waals surface area contributed by atoms with E-state index in [4.69, 9.17) is 13.9 Å². The summed E-state index contributed by atoms with van der Waals surface area (Å²) in [5.74, 6) is -2.41. The molecular formula is C19H23N3O7. The van der Waals surface area contributed by atoms with Crippen LogP contribution in [0.2, 0.25) is 0 Å². The zero-order valence-corrected chi connectivity index (χ0v) is 17.0. The van der Waals surface area contributed by atoms with Crippen LogP contribution in [-0.4, -0.2) is 40.6 Å². The summed E-state index contributed by atoms with van der Waals surface area (Å²) in [6.07, 6.45) is 0. The Morgan fingerprint density at radius 3 is 2.21 bits per heavy atom. The zero-order valence-electron chi connectivity index (χ0n) is 17.0. The molecule has 0 unspecified atom stereocenters. The van der Waals surface area contributed by atoms with E-state index in [1.807, 2.05) is 0 Å². The lowest BCUT2D eigenvalue weighted by Crippen LogP contribution is -2.31. The fourth-order valence-corrected chi connectivity index (χ4v) is 2.76. The van der Waals surface area contributed by atoms with Crippen LogP contribution in [0.3, 0.4) is 0 Å². The Kier molecular flexibility index (Phi) is 6.92. The normalized spacial score (nSPS) is 10.5. The van der Waals surface area contributed by atoms with Crippen molar-refractivity contribution in [1.29, 1.82) is 0 Å². The number of carbonyl (C=O) groups excluding carboxylic acids is 3. The smallest absolute Gasteiger partial charge is 0.348 e. The molecular weight excluding hydrogens is 382 g/mol. The molecule has 0 spiro atoms. The molecule has 1 N–H and O–H groups in total. The van der Waals surface area contributed by atoms with Crippen LogP contribution in [-0.2, 0) is 20.8 Å². The summed E-state index contributed by atoms with van der Waals surface area (Å²) in [6.45, 7) is 7.83. The molecule has 0 bridgehead atoms. The van der Waals surface area contributed by atoms with Crippen molar-refractivity contribution in [3.63, 3.8) is 0 Å². The second-order valence-corrected chi connectivity index (χ2v) is 6.13. The average molecular weight is 405 g/mol. The van der Waals surface area contributed by atoms with Crippen LogP contribution in [0.5, 0.6) is 0 Å². The molecule has 0 fully saturated rings. The number of aryl methyl sites for hydroxylation is 3. The van der Waals surface area contributed by atoms with Crippen LogP contribution in [0.1, 0.15) is 51.7 Å². The molecule has 10 heteroatoms. The molecule has 0 aliphatic heterocycles. The highest BCUT2D eigenvalue weighted by atomic mass is 16.5. The molecule has 1 amide bonds. The van der Waals surface area contributed by atoms with E-state index in [0.29, 0.717) is 11.4 Å². The molecule has 2 aromatic heterocycles. The van der Waals surface area contributed by atoms with Crippen molar-refractivity contribution in [2.45, 2.75) is 41.2 Å². The lowest BCUT2D eigenvalue weighted by molar-refractivity contribution is -0.116. The molecule has 0 saturated heterocycles. The zero-order chi connectivity index (χ0) is 21.7. The van der Waals surface area contributed by atoms with E-state index in [1.165, 1.54) is 11.5 Å². The molecule has 0 aliphatic rings. The maximum atomic E-state index is 12.5. The third-order valence-corrected chi connectivity index (χ3v) is 3.94. The minimum Gasteiger partial charge on any atom is -0.462 e. The first-order valence-corrected chi connectivity index (χ1v) is 9.02. The number of amides is 1. The quantitative estimate of drug-likeness (QED) is 0.690. The number of esters is 2. The van der Waals surface area contributed by atoms with Gasteiger partial charge < -0.3 is 13.9 Å². The largest absolute Gasteiger partial charge is 0.462 e. The van der Waals surface area contributed by atoms with E-state index >= 15 is 0 Å². The number of aromatic nitrogens is 2. The summed E-state index contributed by atoms with van der Waals surface area (Å²) in [5.41, 5.74) is 0.153. The predicted molar refractivity (Wildman–Crippen MR) is 102 cm³/mol. The van der Waals surface area contributed by atoms with Crippen molar-refractivity contribution in [1.82, 2.24) is 9.55 Å². The van der Waals surface area contributed by atoms with Crippen LogP contribution in [0.4, 0.5) is 5.88 Å². The predicted octanol–water partition coefficient (Wildman–Crippen LogP) is 1.75. The summed E-state index contributed by atoms with van der Waals surface area (Å²) in [5, 5.41) is 2.42. The number of hydrogen-bond donors (Lipinski definition) is 1. The van der Waals surface area contributed by atoms with E-state index in [0.717, 1.165) is 0 Å². The van der Waals surface area contributed by atoms with Crippen molar-refractivity contribution in [2.75, 3.05) is 18.5 Å². The molecule has 0 aliphatic carbocycles. The Morgan fingerprint density at radius 2 is 1.66 bits per heavy atom. The SMILES string of the molecule is CCOC(=O)c1c(C)oc(NC(=O)Cn2c(C)cc(C)nc2=O)c1C(=O)OCC. The summed E-state index contributed by atoms with van der Waals surface area (Å²) in [6, 6.07) is 1.66. The molecule has 2 rings (SSSR count). The van der Waals surface area contributed by atoms with Crippen molar-refractivity contribution >= 4 is 23.7 Å². The second kappa shape index (κ2) is 9.18. The number of hydrogen-bond acceptors (Lipinski definition) is 8. The number of anilines is 1. The summed E-state index contributed by atoms with van der Waals surface area (Å²) in [7, 11) is 0. The molecule has 2 aromatic rings. The van der Waals surface area contributed by atoms with E-state index in [-0.39, 0.29) is 42.5 Å². The molecule has 2 heterocycles. The maximum absolute atomic E-state index is 12.5. The number of ether oxygens (including phenoxy) is 2. The van der Waals surface area contributed by atoms with Gasteiger partial charge in [0.2, 0.25) is 11.8 Å². The number of furan rings is 1. The molecule has 0 atom stereocenters. The third kappa shape index (κ3) is 4.89. The standard InChI is InChI=1S/C19H23N3O7/c1-6-27-17(24)14-12(5)29-16(15(14)18(25)28-7-2)21-13(23)9-22-11(4)8-10(3)20-19(22)26/h8H,6-7,9H2,1-5H3,(H,21,23). The minimum absolute atomic E-state index is 0.0579. The first kappa shape index (κ1) is 21.9. The third-order valence-electron chi connectivity index (χ3n) is 3.94. The number of nitrogens with one attached hydrogen (secondary N) is 1. The Bertz CT molecular complexity index is 1000. The van der Waals surface area contributed by atoms with Gasteiger partial charge in [0.05, 0.1) is 13.2 Å². The number of carbonyl (C=O) groups is 3. The van der Waals surface area contributed by atoms with Crippen LogP contribution in [0.15, 0.2) is 15.3 Å². The Labute approximate surface area is 166 Å². The topological polar surface area (TPSA) is 130 Å². The lowest BCUT2D eigenvalue weighted by Gasteiger charge is -2.10. The highest BCUT2D eigenvalue weighted by Crippen LogP contribution is 2.29. The van der Waals surface area contributed by atoms with Gasteiger partial charge in [0.1, 0.15) is 23.4 Å². The highest BCUT2D eigenvalue weighted by Gasteiger charge is 2.31. The van der Waals surface area contributed by atoms with Crippen molar-refractivity contribution in [2.24, 2.45) is 0 Å². The van der Waals surface area contributed by atoms with Gasteiger partial charge >= 0.3 is 17.6 Å². The average Bonchev–Trinajstić information content (AvgIpc) is 2.94. The van der Waals surface area contributed by atoms with E-state index in [1.54, 1.807) is 33.8 Å². The van der Waals surface area contributed by atoms with Gasteiger partial charge in [-0.25, -0.2) is 14.4 Å². The van der Waals surface area contributed by atoms with Crippen LogP contribution in [0.25, 0.3) is 0 Å². The fraction of sp³-hybridized carbons (Fsp3) is 0.421.